The second-order valence-electron chi connectivity index (χ2n) is 3.51. The van der Waals surface area contributed by atoms with Crippen LogP contribution in [0.25, 0.3) is 0 Å². The molecule has 82 valence electrons. The Morgan fingerprint density at radius 1 is 1.73 bits per heavy atom. The van der Waals surface area contributed by atoms with Gasteiger partial charge in [-0.2, -0.15) is 0 Å². The Hall–Kier alpha value is -1.14. The van der Waals surface area contributed by atoms with E-state index < -0.39 is 0 Å². The Labute approximate surface area is 91.7 Å². The topological polar surface area (TPSA) is 65.5 Å². The van der Waals surface area contributed by atoms with E-state index in [1.54, 1.807) is 16.5 Å². The number of thiazole rings is 1. The second kappa shape index (κ2) is 4.59. The SMILES string of the molecule is O=C(Nc1nccs1)N1CCCC(O)C1. The van der Waals surface area contributed by atoms with Crippen LogP contribution in [0, 0.1) is 0 Å². The summed E-state index contributed by atoms with van der Waals surface area (Å²) in [5.74, 6) is 0. The van der Waals surface area contributed by atoms with E-state index in [1.165, 1.54) is 11.3 Å². The van der Waals surface area contributed by atoms with Crippen molar-refractivity contribution >= 4 is 22.5 Å². The smallest absolute Gasteiger partial charge is 0.323 e. The molecule has 1 aliphatic heterocycles. The van der Waals surface area contributed by atoms with Crippen molar-refractivity contribution in [3.63, 3.8) is 0 Å². The monoisotopic (exact) mass is 227 g/mol. The lowest BCUT2D eigenvalue weighted by Gasteiger charge is -2.29. The second-order valence-corrected chi connectivity index (χ2v) is 4.40. The van der Waals surface area contributed by atoms with Gasteiger partial charge in [0.2, 0.25) is 0 Å². The average Bonchev–Trinajstić information content (AvgIpc) is 2.70. The highest BCUT2D eigenvalue weighted by Gasteiger charge is 2.22. The number of aliphatic hydroxyl groups excluding tert-OH is 1. The highest BCUT2D eigenvalue weighted by atomic mass is 32.1. The van der Waals surface area contributed by atoms with Gasteiger partial charge in [-0.1, -0.05) is 0 Å². The van der Waals surface area contributed by atoms with Crippen LogP contribution < -0.4 is 5.32 Å². The molecule has 5 nitrogen and oxygen atoms in total. The summed E-state index contributed by atoms with van der Waals surface area (Å²) in [6, 6.07) is -0.177. The molecule has 2 heterocycles. The molecule has 0 bridgehead atoms. The number of piperidine rings is 1. The minimum absolute atomic E-state index is 0.177. The molecule has 0 radical (unpaired) electrons. The minimum Gasteiger partial charge on any atom is -0.391 e. The van der Waals surface area contributed by atoms with Crippen molar-refractivity contribution in [3.05, 3.63) is 11.6 Å². The maximum Gasteiger partial charge on any atom is 0.323 e. The van der Waals surface area contributed by atoms with Crippen LogP contribution in [0.2, 0.25) is 0 Å². The first-order valence-electron chi connectivity index (χ1n) is 4.89. The zero-order chi connectivity index (χ0) is 10.7. The number of nitrogens with one attached hydrogen (secondary N) is 1. The third-order valence-electron chi connectivity index (χ3n) is 2.33. The number of anilines is 1. The van der Waals surface area contributed by atoms with Gasteiger partial charge in [-0.05, 0) is 12.8 Å². The Bertz CT molecular complexity index is 328. The molecule has 1 saturated heterocycles. The number of carbonyl (C=O) groups excluding carboxylic acids is 1. The highest BCUT2D eigenvalue weighted by Crippen LogP contribution is 2.14. The summed E-state index contributed by atoms with van der Waals surface area (Å²) in [6.07, 6.45) is 2.89. The Kier molecular flexibility index (Phi) is 3.17. The molecule has 2 amide bonds. The van der Waals surface area contributed by atoms with E-state index in [0.29, 0.717) is 18.2 Å². The predicted octanol–water partition coefficient (Wildman–Crippen LogP) is 1.13. The fourth-order valence-corrected chi connectivity index (χ4v) is 2.11. The molecule has 0 aromatic carbocycles. The molecule has 2 rings (SSSR count). The summed E-state index contributed by atoms with van der Waals surface area (Å²) in [4.78, 5) is 17.3. The molecule has 2 N–H and O–H groups in total. The highest BCUT2D eigenvalue weighted by molar-refractivity contribution is 7.13. The van der Waals surface area contributed by atoms with Crippen LogP contribution in [0.4, 0.5) is 9.93 Å². The number of β-amino-alcohol motifs (C(OH)–C–C–N with tert-alkyl or cyclic N) is 1. The molecular weight excluding hydrogens is 214 g/mol. The van der Waals surface area contributed by atoms with Crippen molar-refractivity contribution in [1.82, 2.24) is 9.88 Å². The Morgan fingerprint density at radius 3 is 3.27 bits per heavy atom. The van der Waals surface area contributed by atoms with Gasteiger partial charge >= 0.3 is 6.03 Å². The van der Waals surface area contributed by atoms with Crippen molar-refractivity contribution in [2.75, 3.05) is 18.4 Å². The van der Waals surface area contributed by atoms with Crippen LogP contribution in [0.5, 0.6) is 0 Å². The van der Waals surface area contributed by atoms with E-state index >= 15 is 0 Å². The molecule has 15 heavy (non-hydrogen) atoms. The summed E-state index contributed by atoms with van der Waals surface area (Å²) >= 11 is 1.38. The summed E-state index contributed by atoms with van der Waals surface area (Å²) in [5, 5.41) is 14.5. The van der Waals surface area contributed by atoms with Crippen molar-refractivity contribution in [1.29, 1.82) is 0 Å². The first-order valence-corrected chi connectivity index (χ1v) is 5.77. The lowest BCUT2D eigenvalue weighted by Crippen LogP contribution is -2.44. The van der Waals surface area contributed by atoms with Gasteiger partial charge < -0.3 is 10.0 Å². The van der Waals surface area contributed by atoms with Crippen LogP contribution in [0.1, 0.15) is 12.8 Å². The Morgan fingerprint density at radius 2 is 2.60 bits per heavy atom. The maximum absolute atomic E-state index is 11.7. The van der Waals surface area contributed by atoms with Gasteiger partial charge in [0.05, 0.1) is 6.10 Å². The summed E-state index contributed by atoms with van der Waals surface area (Å²) in [6.45, 7) is 1.12. The van der Waals surface area contributed by atoms with Gasteiger partial charge in [0, 0.05) is 24.7 Å². The summed E-state index contributed by atoms with van der Waals surface area (Å²) in [7, 11) is 0. The zero-order valence-corrected chi connectivity index (χ0v) is 9.04. The number of urea groups is 1. The number of likely N-dealkylation sites (tertiary alicyclic amines) is 1. The van der Waals surface area contributed by atoms with Crippen LogP contribution in [-0.2, 0) is 0 Å². The molecular formula is C9H13N3O2S. The van der Waals surface area contributed by atoms with Crippen molar-refractivity contribution in [3.8, 4) is 0 Å². The molecule has 1 fully saturated rings. The largest absolute Gasteiger partial charge is 0.391 e. The predicted molar refractivity (Wildman–Crippen MR) is 57.9 cm³/mol. The van der Waals surface area contributed by atoms with Crippen molar-refractivity contribution in [2.45, 2.75) is 18.9 Å². The van der Waals surface area contributed by atoms with Crippen LogP contribution >= 0.6 is 11.3 Å². The van der Waals surface area contributed by atoms with Gasteiger partial charge in [-0.25, -0.2) is 9.78 Å². The maximum atomic E-state index is 11.7. The first kappa shape index (κ1) is 10.4. The van der Waals surface area contributed by atoms with E-state index in [0.717, 1.165) is 12.8 Å². The fourth-order valence-electron chi connectivity index (χ4n) is 1.59. The van der Waals surface area contributed by atoms with Gasteiger partial charge in [-0.3, -0.25) is 5.32 Å². The zero-order valence-electron chi connectivity index (χ0n) is 8.22. The third kappa shape index (κ3) is 2.66. The van der Waals surface area contributed by atoms with E-state index in [9.17, 15) is 9.90 Å². The molecule has 1 unspecified atom stereocenters. The van der Waals surface area contributed by atoms with Gasteiger partial charge in [0.1, 0.15) is 0 Å². The minimum atomic E-state index is -0.388. The van der Waals surface area contributed by atoms with E-state index in [2.05, 4.69) is 10.3 Å². The van der Waals surface area contributed by atoms with Crippen LogP contribution in [0.3, 0.4) is 0 Å². The fraction of sp³-hybridized carbons (Fsp3) is 0.556. The molecule has 1 aromatic heterocycles. The number of hydrogen-bond donors (Lipinski definition) is 2. The van der Waals surface area contributed by atoms with Gasteiger partial charge in [0.25, 0.3) is 0 Å². The van der Waals surface area contributed by atoms with Crippen LogP contribution in [0.15, 0.2) is 11.6 Å². The number of aliphatic hydroxyl groups is 1. The average molecular weight is 227 g/mol. The number of amides is 2. The normalized spacial score (nSPS) is 21.4. The van der Waals surface area contributed by atoms with E-state index in [4.69, 9.17) is 0 Å². The lowest BCUT2D eigenvalue weighted by atomic mass is 10.1. The number of nitrogens with zero attached hydrogens (tertiary/aromatic N) is 2. The van der Waals surface area contributed by atoms with Gasteiger partial charge in [-0.15, -0.1) is 11.3 Å². The van der Waals surface area contributed by atoms with Gasteiger partial charge in [0.15, 0.2) is 5.13 Å². The molecule has 0 saturated carbocycles. The number of carbonyl (C=O) groups is 1. The van der Waals surface area contributed by atoms with Crippen molar-refractivity contribution in [2.24, 2.45) is 0 Å². The number of aromatic nitrogens is 1. The summed E-state index contributed by atoms with van der Waals surface area (Å²) < 4.78 is 0. The van der Waals surface area contributed by atoms with E-state index in [-0.39, 0.29) is 12.1 Å². The molecule has 1 atom stereocenters. The quantitative estimate of drug-likeness (QED) is 0.756. The molecule has 1 aromatic rings. The lowest BCUT2D eigenvalue weighted by molar-refractivity contribution is 0.0883. The van der Waals surface area contributed by atoms with Crippen molar-refractivity contribution < 1.29 is 9.90 Å². The number of hydrogen-bond acceptors (Lipinski definition) is 4. The first-order chi connectivity index (χ1) is 7.25. The molecule has 1 aliphatic rings. The van der Waals surface area contributed by atoms with Crippen LogP contribution in [-0.4, -0.2) is 40.2 Å². The number of rotatable bonds is 1. The third-order valence-corrected chi connectivity index (χ3v) is 3.02. The molecule has 6 heteroatoms. The van der Waals surface area contributed by atoms with E-state index in [1.807, 2.05) is 0 Å². The molecule has 0 spiro atoms. The standard InChI is InChI=1S/C9H13N3O2S/c13-7-2-1-4-12(6-7)9(14)11-8-10-3-5-15-8/h3,5,7,13H,1-2,4,6H2,(H,10,11,14). The summed E-state index contributed by atoms with van der Waals surface area (Å²) in [5.41, 5.74) is 0. The Balaban J connectivity index is 1.90. The molecule has 0 aliphatic carbocycles.